The molecule has 0 radical (unpaired) electrons. The maximum atomic E-state index is 13.4. The zero-order valence-corrected chi connectivity index (χ0v) is 10.2. The van der Waals surface area contributed by atoms with E-state index in [9.17, 15) is 4.39 Å². The Kier molecular flexibility index (Phi) is 2.79. The fourth-order valence-corrected chi connectivity index (χ4v) is 2.87. The quantitative estimate of drug-likeness (QED) is 0.781. The molecule has 0 N–H and O–H groups in total. The van der Waals surface area contributed by atoms with Crippen molar-refractivity contribution in [1.82, 2.24) is 4.90 Å². The van der Waals surface area contributed by atoms with Crippen molar-refractivity contribution >= 4 is 0 Å². The third-order valence-electron chi connectivity index (χ3n) is 4.03. The van der Waals surface area contributed by atoms with Crippen LogP contribution in [0.4, 0.5) is 4.39 Å². The number of rotatable bonds is 2. The maximum absolute atomic E-state index is 13.4. The molecule has 2 bridgehead atoms. The van der Waals surface area contributed by atoms with E-state index in [4.69, 9.17) is 4.74 Å². The number of aryl methyl sites for hydroxylation is 1. The van der Waals surface area contributed by atoms with Crippen LogP contribution in [0.1, 0.15) is 18.4 Å². The summed E-state index contributed by atoms with van der Waals surface area (Å²) in [6.07, 6.45) is 2.69. The minimum Gasteiger partial charge on any atom is -0.489 e. The van der Waals surface area contributed by atoms with E-state index >= 15 is 0 Å². The van der Waals surface area contributed by atoms with Gasteiger partial charge in [0.15, 0.2) is 0 Å². The number of fused-ring (bicyclic) bond motifs is 3. The van der Waals surface area contributed by atoms with E-state index in [-0.39, 0.29) is 11.9 Å². The lowest BCUT2D eigenvalue weighted by atomic mass is 9.86. The number of halogens is 1. The van der Waals surface area contributed by atoms with Crippen molar-refractivity contribution in [3.05, 3.63) is 29.6 Å². The van der Waals surface area contributed by atoms with Gasteiger partial charge in [-0.2, -0.15) is 0 Å². The molecule has 3 aliphatic heterocycles. The standard InChI is InChI=1S/C14H18FNO/c1-10-2-3-12(8-13(10)15)17-14-9-16-6-4-11(14)5-7-16/h2-3,8,11,14H,4-7,9H2,1H3. The Bertz CT molecular complexity index is 413. The molecule has 0 saturated carbocycles. The molecule has 17 heavy (non-hydrogen) atoms. The lowest BCUT2D eigenvalue weighted by Crippen LogP contribution is -2.52. The van der Waals surface area contributed by atoms with Crippen LogP contribution in [0.15, 0.2) is 18.2 Å². The van der Waals surface area contributed by atoms with Crippen LogP contribution >= 0.6 is 0 Å². The fourth-order valence-electron chi connectivity index (χ4n) is 2.87. The van der Waals surface area contributed by atoms with Gasteiger partial charge >= 0.3 is 0 Å². The minimum atomic E-state index is -0.177. The maximum Gasteiger partial charge on any atom is 0.129 e. The van der Waals surface area contributed by atoms with Gasteiger partial charge in [0.05, 0.1) is 0 Å². The van der Waals surface area contributed by atoms with E-state index in [0.717, 1.165) is 6.54 Å². The van der Waals surface area contributed by atoms with Crippen LogP contribution in [0.2, 0.25) is 0 Å². The van der Waals surface area contributed by atoms with Crippen molar-refractivity contribution in [2.45, 2.75) is 25.9 Å². The van der Waals surface area contributed by atoms with Crippen LogP contribution in [0.5, 0.6) is 5.75 Å². The summed E-state index contributed by atoms with van der Waals surface area (Å²) in [5.41, 5.74) is 0.672. The summed E-state index contributed by atoms with van der Waals surface area (Å²) in [6, 6.07) is 5.16. The molecule has 92 valence electrons. The summed E-state index contributed by atoms with van der Waals surface area (Å²) in [4.78, 5) is 2.44. The molecular formula is C14H18FNO. The molecule has 3 saturated heterocycles. The van der Waals surface area contributed by atoms with Gasteiger partial charge in [-0.15, -0.1) is 0 Å². The summed E-state index contributed by atoms with van der Waals surface area (Å²) in [5.74, 6) is 1.15. The summed E-state index contributed by atoms with van der Waals surface area (Å²) in [7, 11) is 0. The molecule has 2 nitrogen and oxygen atoms in total. The van der Waals surface area contributed by atoms with Gasteiger partial charge in [0, 0.05) is 12.6 Å². The first-order valence-corrected chi connectivity index (χ1v) is 6.37. The highest BCUT2D eigenvalue weighted by atomic mass is 19.1. The molecule has 0 aliphatic carbocycles. The Morgan fingerprint density at radius 3 is 2.65 bits per heavy atom. The van der Waals surface area contributed by atoms with Crippen LogP contribution < -0.4 is 4.74 Å². The lowest BCUT2D eigenvalue weighted by molar-refractivity contribution is -0.00789. The highest BCUT2D eigenvalue weighted by molar-refractivity contribution is 5.28. The van der Waals surface area contributed by atoms with E-state index in [1.165, 1.54) is 32.0 Å². The van der Waals surface area contributed by atoms with Crippen molar-refractivity contribution in [3.63, 3.8) is 0 Å². The largest absolute Gasteiger partial charge is 0.489 e. The minimum absolute atomic E-state index is 0.177. The van der Waals surface area contributed by atoms with Gasteiger partial charge in [0.25, 0.3) is 0 Å². The predicted octanol–water partition coefficient (Wildman–Crippen LogP) is 2.61. The second kappa shape index (κ2) is 4.30. The molecule has 3 heteroatoms. The topological polar surface area (TPSA) is 12.5 Å². The van der Waals surface area contributed by atoms with Crippen molar-refractivity contribution in [2.75, 3.05) is 19.6 Å². The Morgan fingerprint density at radius 2 is 2.06 bits per heavy atom. The van der Waals surface area contributed by atoms with E-state index in [2.05, 4.69) is 4.90 Å². The Hall–Kier alpha value is -1.09. The van der Waals surface area contributed by atoms with Gasteiger partial charge in [-0.05, 0) is 50.4 Å². The second-order valence-electron chi connectivity index (χ2n) is 5.21. The smallest absolute Gasteiger partial charge is 0.129 e. The zero-order valence-electron chi connectivity index (χ0n) is 10.2. The third kappa shape index (κ3) is 2.16. The first-order chi connectivity index (χ1) is 8.22. The lowest BCUT2D eigenvalue weighted by Gasteiger charge is -2.44. The molecular weight excluding hydrogens is 217 g/mol. The van der Waals surface area contributed by atoms with Crippen LogP contribution in [0.25, 0.3) is 0 Å². The van der Waals surface area contributed by atoms with Gasteiger partial charge in [-0.25, -0.2) is 4.39 Å². The number of benzene rings is 1. The number of nitrogens with zero attached hydrogens (tertiary/aromatic N) is 1. The van der Waals surface area contributed by atoms with Crippen molar-refractivity contribution in [1.29, 1.82) is 0 Å². The molecule has 0 amide bonds. The molecule has 4 rings (SSSR count). The molecule has 0 aromatic heterocycles. The fraction of sp³-hybridized carbons (Fsp3) is 0.571. The molecule has 3 fully saturated rings. The summed E-state index contributed by atoms with van der Waals surface area (Å²) < 4.78 is 19.4. The molecule has 1 atom stereocenters. The van der Waals surface area contributed by atoms with Crippen LogP contribution in [-0.2, 0) is 0 Å². The van der Waals surface area contributed by atoms with Gasteiger partial charge < -0.3 is 4.74 Å². The van der Waals surface area contributed by atoms with Crippen molar-refractivity contribution in [3.8, 4) is 5.75 Å². The average Bonchev–Trinajstić information content (AvgIpc) is 2.35. The summed E-state index contributed by atoms with van der Waals surface area (Å²) >= 11 is 0. The van der Waals surface area contributed by atoms with Gasteiger partial charge in [-0.3, -0.25) is 4.90 Å². The molecule has 1 aromatic rings. The van der Waals surface area contributed by atoms with Crippen molar-refractivity contribution < 1.29 is 9.13 Å². The molecule has 1 unspecified atom stereocenters. The molecule has 3 heterocycles. The Balaban J connectivity index is 1.72. The van der Waals surface area contributed by atoms with Crippen LogP contribution in [-0.4, -0.2) is 30.6 Å². The number of piperidine rings is 3. The first-order valence-electron chi connectivity index (χ1n) is 6.37. The summed E-state index contributed by atoms with van der Waals surface area (Å²) in [6.45, 7) is 5.17. The number of hydrogen-bond donors (Lipinski definition) is 0. The third-order valence-corrected chi connectivity index (χ3v) is 4.03. The zero-order chi connectivity index (χ0) is 11.8. The molecule has 0 spiro atoms. The normalized spacial score (nSPS) is 31.5. The SMILES string of the molecule is Cc1ccc(OC2CN3CCC2CC3)cc1F. The molecule has 1 aromatic carbocycles. The number of hydrogen-bond acceptors (Lipinski definition) is 2. The highest BCUT2D eigenvalue weighted by Crippen LogP contribution is 2.31. The first kappa shape index (κ1) is 11.0. The highest BCUT2D eigenvalue weighted by Gasteiger charge is 2.35. The van der Waals surface area contributed by atoms with Gasteiger partial charge in [0.2, 0.25) is 0 Å². The van der Waals surface area contributed by atoms with E-state index < -0.39 is 0 Å². The number of ether oxygens (including phenoxy) is 1. The summed E-state index contributed by atoms with van der Waals surface area (Å²) in [5, 5.41) is 0. The van der Waals surface area contributed by atoms with Crippen molar-refractivity contribution in [2.24, 2.45) is 5.92 Å². The Labute approximate surface area is 101 Å². The Morgan fingerprint density at radius 1 is 1.29 bits per heavy atom. The van der Waals surface area contributed by atoms with E-state index in [0.29, 0.717) is 17.2 Å². The van der Waals surface area contributed by atoms with Gasteiger partial charge in [-0.1, -0.05) is 6.07 Å². The van der Waals surface area contributed by atoms with E-state index in [1.807, 2.05) is 6.07 Å². The second-order valence-corrected chi connectivity index (χ2v) is 5.21. The van der Waals surface area contributed by atoms with Crippen LogP contribution in [0, 0.1) is 18.7 Å². The predicted molar refractivity (Wildman–Crippen MR) is 64.7 cm³/mol. The molecule has 3 aliphatic rings. The monoisotopic (exact) mass is 235 g/mol. The van der Waals surface area contributed by atoms with E-state index in [1.54, 1.807) is 13.0 Å². The average molecular weight is 235 g/mol. The van der Waals surface area contributed by atoms with Crippen LogP contribution in [0.3, 0.4) is 0 Å². The van der Waals surface area contributed by atoms with Gasteiger partial charge in [0.1, 0.15) is 17.7 Å².